The van der Waals surface area contributed by atoms with E-state index in [-0.39, 0.29) is 12.6 Å². The summed E-state index contributed by atoms with van der Waals surface area (Å²) in [5.74, 6) is 0.706. The van der Waals surface area contributed by atoms with Gasteiger partial charge in [-0.2, -0.15) is 0 Å². The maximum atomic E-state index is 9.43. The lowest BCUT2D eigenvalue weighted by Gasteiger charge is -2.18. The number of rotatable bonds is 6. The largest absolute Gasteiger partial charge is 0.494 e. The van der Waals surface area contributed by atoms with Gasteiger partial charge in [0.15, 0.2) is 0 Å². The number of anilines is 1. The number of nitrogens with zero attached hydrogens (tertiary/aromatic N) is 1. The molecule has 0 aliphatic rings. The molecule has 2 N–H and O–H groups in total. The van der Waals surface area contributed by atoms with Crippen LogP contribution in [-0.4, -0.2) is 16.7 Å². The maximum absolute atomic E-state index is 9.43. The van der Waals surface area contributed by atoms with Gasteiger partial charge in [-0.3, -0.25) is 0 Å². The summed E-state index contributed by atoms with van der Waals surface area (Å²) in [5, 5.41) is 13.3. The summed E-state index contributed by atoms with van der Waals surface area (Å²) in [7, 11) is 0. The number of hydrogen-bond acceptors (Lipinski definition) is 4. The van der Waals surface area contributed by atoms with Gasteiger partial charge in [0.2, 0.25) is 0 Å². The summed E-state index contributed by atoms with van der Waals surface area (Å²) in [6.07, 6.45) is 1.67. The van der Waals surface area contributed by atoms with Crippen molar-refractivity contribution < 1.29 is 9.84 Å². The minimum absolute atomic E-state index is 0.00989. The van der Waals surface area contributed by atoms with E-state index in [4.69, 9.17) is 16.3 Å². The monoisotopic (exact) mass is 306 g/mol. The zero-order valence-corrected chi connectivity index (χ0v) is 12.9. The average Bonchev–Trinajstić information content (AvgIpc) is 2.49. The smallest absolute Gasteiger partial charge is 0.134 e. The van der Waals surface area contributed by atoms with Crippen molar-refractivity contribution in [2.45, 2.75) is 26.5 Å². The number of aliphatic hydroxyl groups is 1. The van der Waals surface area contributed by atoms with E-state index < -0.39 is 0 Å². The molecule has 0 radical (unpaired) electrons. The molecule has 0 aliphatic heterocycles. The van der Waals surface area contributed by atoms with Gasteiger partial charge < -0.3 is 15.2 Å². The first kappa shape index (κ1) is 15.6. The lowest BCUT2D eigenvalue weighted by molar-refractivity contribution is 0.267. The Hall–Kier alpha value is -1.78. The second kappa shape index (κ2) is 7.29. The molecule has 112 valence electrons. The Morgan fingerprint density at radius 1 is 1.38 bits per heavy atom. The SMILES string of the molecule is CCOc1ccc(NC(C)c2cccnc2Cl)cc1CO. The van der Waals surface area contributed by atoms with Crippen molar-refractivity contribution in [2.24, 2.45) is 0 Å². The van der Waals surface area contributed by atoms with Crippen LogP contribution in [-0.2, 0) is 6.61 Å². The minimum atomic E-state index is -0.0626. The number of pyridine rings is 1. The van der Waals surface area contributed by atoms with Gasteiger partial charge in [-0.25, -0.2) is 4.98 Å². The van der Waals surface area contributed by atoms with Gasteiger partial charge in [0.05, 0.1) is 19.3 Å². The van der Waals surface area contributed by atoms with Gasteiger partial charge in [-0.05, 0) is 38.1 Å². The molecular formula is C16H19ClN2O2. The highest BCUT2D eigenvalue weighted by atomic mass is 35.5. The van der Waals surface area contributed by atoms with Crippen molar-refractivity contribution in [1.29, 1.82) is 0 Å². The summed E-state index contributed by atoms with van der Waals surface area (Å²) < 4.78 is 5.47. The zero-order chi connectivity index (χ0) is 15.2. The molecule has 0 saturated carbocycles. The van der Waals surface area contributed by atoms with Crippen LogP contribution in [0.2, 0.25) is 5.15 Å². The van der Waals surface area contributed by atoms with Crippen molar-refractivity contribution in [3.05, 3.63) is 52.8 Å². The van der Waals surface area contributed by atoms with Crippen LogP contribution in [0.3, 0.4) is 0 Å². The van der Waals surface area contributed by atoms with Crippen molar-refractivity contribution in [3.8, 4) is 5.75 Å². The van der Waals surface area contributed by atoms with Gasteiger partial charge >= 0.3 is 0 Å². The lowest BCUT2D eigenvalue weighted by Crippen LogP contribution is -2.08. The topological polar surface area (TPSA) is 54.4 Å². The fourth-order valence-electron chi connectivity index (χ4n) is 2.14. The molecule has 21 heavy (non-hydrogen) atoms. The molecule has 4 nitrogen and oxygen atoms in total. The predicted molar refractivity (Wildman–Crippen MR) is 84.8 cm³/mol. The third-order valence-corrected chi connectivity index (χ3v) is 3.48. The van der Waals surface area contributed by atoms with Crippen LogP contribution in [0.1, 0.15) is 31.0 Å². The van der Waals surface area contributed by atoms with Crippen LogP contribution in [0, 0.1) is 0 Å². The molecule has 5 heteroatoms. The van der Waals surface area contributed by atoms with Crippen LogP contribution in [0.4, 0.5) is 5.69 Å². The first-order valence-electron chi connectivity index (χ1n) is 6.89. The molecule has 2 rings (SSSR count). The Bertz CT molecular complexity index is 605. The van der Waals surface area contributed by atoms with E-state index >= 15 is 0 Å². The average molecular weight is 307 g/mol. The summed E-state index contributed by atoms with van der Waals surface area (Å²) in [5.41, 5.74) is 2.58. The second-order valence-electron chi connectivity index (χ2n) is 4.66. The molecule has 1 aromatic heterocycles. The summed E-state index contributed by atoms with van der Waals surface area (Å²) >= 11 is 6.10. The fourth-order valence-corrected chi connectivity index (χ4v) is 2.42. The first-order chi connectivity index (χ1) is 10.2. The molecule has 0 aliphatic carbocycles. The number of hydrogen-bond donors (Lipinski definition) is 2. The van der Waals surface area contributed by atoms with Crippen LogP contribution >= 0.6 is 11.6 Å². The van der Waals surface area contributed by atoms with Gasteiger partial charge in [-0.15, -0.1) is 0 Å². The van der Waals surface area contributed by atoms with Crippen molar-refractivity contribution in [2.75, 3.05) is 11.9 Å². The third kappa shape index (κ3) is 3.86. The van der Waals surface area contributed by atoms with Crippen LogP contribution in [0.25, 0.3) is 0 Å². The Morgan fingerprint density at radius 2 is 2.19 bits per heavy atom. The molecule has 0 fully saturated rings. The Morgan fingerprint density at radius 3 is 2.86 bits per heavy atom. The molecular weight excluding hydrogens is 288 g/mol. The molecule has 2 aromatic rings. The third-order valence-electron chi connectivity index (χ3n) is 3.17. The summed E-state index contributed by atoms with van der Waals surface area (Å²) in [6, 6.07) is 9.47. The Labute approximate surface area is 129 Å². The predicted octanol–water partition coefficient (Wildman–Crippen LogP) is 3.80. The molecule has 1 atom stereocenters. The van der Waals surface area contributed by atoms with Gasteiger partial charge in [-0.1, -0.05) is 17.7 Å². The van der Waals surface area contributed by atoms with Gasteiger partial charge in [0.25, 0.3) is 0 Å². The van der Waals surface area contributed by atoms with Crippen LogP contribution in [0.5, 0.6) is 5.75 Å². The second-order valence-corrected chi connectivity index (χ2v) is 5.02. The number of nitrogens with one attached hydrogen (secondary N) is 1. The summed E-state index contributed by atoms with van der Waals surface area (Å²) in [6.45, 7) is 4.44. The van der Waals surface area contributed by atoms with E-state index in [9.17, 15) is 5.11 Å². The maximum Gasteiger partial charge on any atom is 0.134 e. The molecule has 0 bridgehead atoms. The highest BCUT2D eigenvalue weighted by Crippen LogP contribution is 2.27. The minimum Gasteiger partial charge on any atom is -0.494 e. The Balaban J connectivity index is 2.18. The van der Waals surface area contributed by atoms with Crippen molar-refractivity contribution in [3.63, 3.8) is 0 Å². The van der Waals surface area contributed by atoms with Crippen molar-refractivity contribution >= 4 is 17.3 Å². The molecule has 0 saturated heterocycles. The van der Waals surface area contributed by atoms with Crippen LogP contribution < -0.4 is 10.1 Å². The highest BCUT2D eigenvalue weighted by molar-refractivity contribution is 6.30. The first-order valence-corrected chi connectivity index (χ1v) is 7.27. The number of benzene rings is 1. The van der Waals surface area contributed by atoms with Gasteiger partial charge in [0.1, 0.15) is 10.9 Å². The summed E-state index contributed by atoms with van der Waals surface area (Å²) in [4.78, 5) is 4.08. The van der Waals surface area contributed by atoms with E-state index in [0.29, 0.717) is 17.5 Å². The molecule has 0 spiro atoms. The van der Waals surface area contributed by atoms with E-state index in [1.807, 2.05) is 44.2 Å². The van der Waals surface area contributed by atoms with E-state index in [2.05, 4.69) is 10.3 Å². The molecule has 1 aromatic carbocycles. The quantitative estimate of drug-likeness (QED) is 0.797. The van der Waals surface area contributed by atoms with E-state index in [1.54, 1.807) is 6.20 Å². The lowest BCUT2D eigenvalue weighted by atomic mass is 10.1. The highest BCUT2D eigenvalue weighted by Gasteiger charge is 2.11. The molecule has 0 amide bonds. The van der Waals surface area contributed by atoms with E-state index in [1.165, 1.54) is 0 Å². The zero-order valence-electron chi connectivity index (χ0n) is 12.1. The number of aliphatic hydroxyl groups excluding tert-OH is 1. The number of ether oxygens (including phenoxy) is 1. The molecule has 1 unspecified atom stereocenters. The number of halogens is 1. The standard InChI is InChI=1S/C16H19ClN2O2/c1-3-21-15-7-6-13(9-12(15)10-20)19-11(2)14-5-4-8-18-16(14)17/h4-9,11,19-20H,3,10H2,1-2H3. The van der Waals surface area contributed by atoms with Crippen LogP contribution in [0.15, 0.2) is 36.5 Å². The molecule has 1 heterocycles. The Kier molecular flexibility index (Phi) is 5.42. The fraction of sp³-hybridized carbons (Fsp3) is 0.312. The van der Waals surface area contributed by atoms with Crippen molar-refractivity contribution in [1.82, 2.24) is 4.98 Å². The number of aromatic nitrogens is 1. The van der Waals surface area contributed by atoms with Gasteiger partial charge in [0, 0.05) is 23.0 Å². The normalized spacial score (nSPS) is 12.0. The van der Waals surface area contributed by atoms with E-state index in [0.717, 1.165) is 16.8 Å².